The van der Waals surface area contributed by atoms with Gasteiger partial charge < -0.3 is 39.1 Å². The Morgan fingerprint density at radius 1 is 0.425 bits per heavy atom. The molecule has 2 aliphatic heterocycles. The van der Waals surface area contributed by atoms with E-state index in [9.17, 15) is 26.4 Å². The quantitative estimate of drug-likeness (QED) is 0.0376. The number of hydrogen-bond acceptors (Lipinski definition) is 14. The molecule has 0 radical (unpaired) electrons. The Hall–Kier alpha value is -5.78. The zero-order chi connectivity index (χ0) is 55.6. The molecule has 18 nitrogen and oxygen atoms in total. The van der Waals surface area contributed by atoms with Crippen LogP contribution in [0.4, 0.5) is 0 Å². The van der Waals surface area contributed by atoms with E-state index in [1.807, 2.05) is 12.1 Å². The maximum absolute atomic E-state index is 13.0. The van der Waals surface area contributed by atoms with Crippen molar-refractivity contribution < 1.29 is 54.8 Å². The van der Waals surface area contributed by atoms with E-state index < -0.39 is 20.0 Å². The van der Waals surface area contributed by atoms with Crippen LogP contribution < -0.4 is 29.6 Å². The van der Waals surface area contributed by atoms with Gasteiger partial charge in [-0.1, -0.05) is 61.4 Å². The number of carbonyl (C=O) groups is 2. The molecule has 5 aromatic rings. The Bertz CT molecular complexity index is 2790. The van der Waals surface area contributed by atoms with Crippen LogP contribution in [0.1, 0.15) is 93.7 Å². The number of nitrogens with zero attached hydrogens (tertiary/aromatic N) is 2. The average molecular weight is 1140 g/mol. The minimum absolute atomic E-state index is 0.0860. The number of likely N-dealkylation sites (tertiary alicyclic amines) is 2. The predicted molar refractivity (Wildman–Crippen MR) is 303 cm³/mol. The van der Waals surface area contributed by atoms with Gasteiger partial charge in [0.1, 0.15) is 23.7 Å². The van der Waals surface area contributed by atoms with Crippen molar-refractivity contribution in [1.82, 2.24) is 29.9 Å². The molecule has 9 rings (SSSR count). The van der Waals surface area contributed by atoms with Crippen molar-refractivity contribution in [3.8, 4) is 11.5 Å². The summed E-state index contributed by atoms with van der Waals surface area (Å²) >= 11 is 0. The lowest BCUT2D eigenvalue weighted by molar-refractivity contribution is 0.0503. The molecule has 0 aromatic heterocycles. The molecule has 0 bridgehead atoms. The molecule has 20 heteroatoms. The first-order valence-corrected chi connectivity index (χ1v) is 31.1. The van der Waals surface area contributed by atoms with Gasteiger partial charge in [-0.2, -0.15) is 0 Å². The molecule has 2 aliphatic carbocycles. The zero-order valence-electron chi connectivity index (χ0n) is 45.4. The molecule has 5 aromatic carbocycles. The number of fused-ring (bicyclic) bond motifs is 2. The second-order valence-corrected chi connectivity index (χ2v) is 24.0. The second-order valence-electron chi connectivity index (χ2n) is 20.5. The molecule has 4 aliphatic rings. The van der Waals surface area contributed by atoms with Crippen molar-refractivity contribution in [2.75, 3.05) is 105 Å². The molecular weight excluding hydrogens is 1060 g/mol. The maximum atomic E-state index is 13.0. The topological polar surface area (TPSA) is 212 Å². The average Bonchev–Trinajstić information content (AvgIpc) is 4.07. The van der Waals surface area contributed by atoms with Crippen molar-refractivity contribution >= 4 is 31.9 Å². The summed E-state index contributed by atoms with van der Waals surface area (Å²) in [6.07, 6.45) is 8.95. The summed E-state index contributed by atoms with van der Waals surface area (Å²) in [4.78, 5) is 30.7. The summed E-state index contributed by atoms with van der Waals surface area (Å²) < 4.78 is 92.5. The summed E-state index contributed by atoms with van der Waals surface area (Å²) in [6, 6.07) is 36.8. The van der Waals surface area contributed by atoms with E-state index in [1.54, 1.807) is 72.8 Å². The van der Waals surface area contributed by atoms with E-state index in [0.29, 0.717) is 22.6 Å². The van der Waals surface area contributed by atoms with E-state index >= 15 is 0 Å². The van der Waals surface area contributed by atoms with Crippen LogP contribution in [0, 0.1) is 0 Å². The Morgan fingerprint density at radius 2 is 0.775 bits per heavy atom. The normalized spacial score (nSPS) is 19.5. The molecule has 80 heavy (non-hydrogen) atoms. The highest BCUT2D eigenvalue weighted by atomic mass is 32.2. The fourth-order valence-corrected chi connectivity index (χ4v) is 13.0. The van der Waals surface area contributed by atoms with E-state index in [4.69, 9.17) is 28.4 Å². The van der Waals surface area contributed by atoms with Crippen molar-refractivity contribution in [3.05, 3.63) is 155 Å². The van der Waals surface area contributed by atoms with E-state index in [-0.39, 0.29) is 125 Å². The second kappa shape index (κ2) is 29.3. The van der Waals surface area contributed by atoms with Gasteiger partial charge >= 0.3 is 0 Å². The van der Waals surface area contributed by atoms with Gasteiger partial charge in [-0.25, -0.2) is 26.3 Å². The summed E-state index contributed by atoms with van der Waals surface area (Å²) in [7, 11) is -7.52. The highest BCUT2D eigenvalue weighted by Gasteiger charge is 2.40. The van der Waals surface area contributed by atoms with Crippen LogP contribution in [-0.4, -0.2) is 156 Å². The number of carbonyl (C=O) groups excluding carboxylic acids is 2. The molecule has 4 atom stereocenters. The first kappa shape index (κ1) is 58.9. The predicted octanol–water partition coefficient (Wildman–Crippen LogP) is 6.23. The largest absolute Gasteiger partial charge is 0.484 e. The van der Waals surface area contributed by atoms with E-state index in [2.05, 4.69) is 66.3 Å². The van der Waals surface area contributed by atoms with Crippen LogP contribution in [0.5, 0.6) is 11.5 Å². The lowest BCUT2D eigenvalue weighted by Crippen LogP contribution is -2.43. The maximum Gasteiger partial charge on any atom is 0.251 e. The van der Waals surface area contributed by atoms with Crippen LogP contribution in [0.2, 0.25) is 0 Å². The Morgan fingerprint density at radius 3 is 1.15 bits per heavy atom. The van der Waals surface area contributed by atoms with Crippen LogP contribution >= 0.6 is 0 Å². The monoisotopic (exact) mass is 1140 g/mol. The van der Waals surface area contributed by atoms with Crippen LogP contribution in [0.3, 0.4) is 0 Å². The third-order valence-corrected chi connectivity index (χ3v) is 18.0. The van der Waals surface area contributed by atoms with Gasteiger partial charge in [0.25, 0.3) is 11.8 Å². The van der Waals surface area contributed by atoms with E-state index in [0.717, 1.165) is 39.0 Å². The third-order valence-electron chi connectivity index (χ3n) is 15.1. The number of rotatable bonds is 30. The first-order chi connectivity index (χ1) is 39.0. The molecule has 0 saturated carbocycles. The van der Waals surface area contributed by atoms with Crippen molar-refractivity contribution in [2.45, 2.75) is 85.4 Å². The Labute approximate surface area is 471 Å². The van der Waals surface area contributed by atoms with Gasteiger partial charge in [0.05, 0.1) is 74.7 Å². The zero-order valence-corrected chi connectivity index (χ0v) is 47.1. The Kier molecular flexibility index (Phi) is 21.5. The number of benzene rings is 5. The van der Waals surface area contributed by atoms with Gasteiger partial charge in [0.15, 0.2) is 0 Å². The minimum atomic E-state index is -3.76. The highest BCUT2D eigenvalue weighted by Crippen LogP contribution is 2.41. The standard InChI is InChI=1S/C60H76N6O12S2/c67-59(61-27-35-73-39-41-75-37-29-63-79(69,70)51-23-19-49(20-24-51)77-57-53-13-5-3-11-47(53)43-55(57)65-31-7-1-8-32-65)45-15-17-46(18-16-45)60(68)62-28-36-74-40-42-76-38-30-64-80(71,72)52-25-21-50(22-26-52)78-58-54-14-6-4-12-48(54)44-56(58)66-33-9-2-10-34-66/h3-6,11-26,55-58,63-64H,1-2,7-10,27-44H2,(H,61,67)(H,62,68)/t55-,56?,57-,58-/m0/s1. The van der Waals surface area contributed by atoms with Crippen molar-refractivity contribution in [2.24, 2.45) is 0 Å². The molecule has 1 unspecified atom stereocenters. The molecule has 2 amide bonds. The van der Waals surface area contributed by atoms with Gasteiger partial charge in [0, 0.05) is 37.3 Å². The van der Waals surface area contributed by atoms with Crippen molar-refractivity contribution in [1.29, 1.82) is 0 Å². The molecule has 430 valence electrons. The fraction of sp³-hybridized carbons (Fsp3) is 0.467. The number of sulfonamides is 2. The number of hydrogen-bond donors (Lipinski definition) is 4. The van der Waals surface area contributed by atoms with Gasteiger partial charge in [0.2, 0.25) is 20.0 Å². The van der Waals surface area contributed by atoms with Crippen LogP contribution in [-0.2, 0) is 51.8 Å². The molecule has 4 N–H and O–H groups in total. The minimum Gasteiger partial charge on any atom is -0.484 e. The number of nitrogens with one attached hydrogen (secondary N) is 4. The lowest BCUT2D eigenvalue weighted by Gasteiger charge is -2.35. The Balaban J connectivity index is 0.569. The van der Waals surface area contributed by atoms with Crippen LogP contribution in [0.15, 0.2) is 131 Å². The SMILES string of the molecule is O=C(NCCOCCOCCNS(=O)(=O)c1ccc(O[C@H]2c3ccccc3CC2N2CCCCC2)cc1)c1ccc(C(=O)NCCOCCOCCNS(=O)(=O)c2ccc(O[C@H]3c4ccccc4C[C@@H]3N3CCCCC3)cc2)cc1. The molecule has 2 fully saturated rings. The fourth-order valence-electron chi connectivity index (χ4n) is 10.9. The summed E-state index contributed by atoms with van der Waals surface area (Å²) in [6.45, 7) is 6.74. The highest BCUT2D eigenvalue weighted by molar-refractivity contribution is 7.89. The number of piperidine rings is 2. The van der Waals surface area contributed by atoms with Crippen LogP contribution in [0.25, 0.3) is 0 Å². The summed E-state index contributed by atoms with van der Waals surface area (Å²) in [5, 5.41) is 5.57. The summed E-state index contributed by atoms with van der Waals surface area (Å²) in [5.74, 6) is 0.627. The van der Waals surface area contributed by atoms with Crippen molar-refractivity contribution in [3.63, 3.8) is 0 Å². The summed E-state index contributed by atoms with van der Waals surface area (Å²) in [5.41, 5.74) is 5.77. The molecule has 0 spiro atoms. The van der Waals surface area contributed by atoms with Gasteiger partial charge in [-0.05, 0) is 160 Å². The smallest absolute Gasteiger partial charge is 0.251 e. The number of amides is 2. The molecule has 2 heterocycles. The van der Waals surface area contributed by atoms with E-state index in [1.165, 1.54) is 60.8 Å². The third kappa shape index (κ3) is 16.2. The molecular formula is C60H76N6O12S2. The van der Waals surface area contributed by atoms with Gasteiger partial charge in [-0.15, -0.1) is 0 Å². The van der Waals surface area contributed by atoms with Gasteiger partial charge in [-0.3, -0.25) is 19.4 Å². The lowest BCUT2D eigenvalue weighted by atomic mass is 10.0. The number of ether oxygens (including phenoxy) is 6. The molecule has 2 saturated heterocycles. The first-order valence-electron chi connectivity index (χ1n) is 28.2.